The third kappa shape index (κ3) is 3.70. The number of likely N-dealkylation sites (tertiary alicyclic amines) is 1. The minimum absolute atomic E-state index is 0.0547. The number of rotatable bonds is 4. The van der Waals surface area contributed by atoms with Crippen LogP contribution >= 0.6 is 0 Å². The summed E-state index contributed by atoms with van der Waals surface area (Å²) in [5, 5.41) is 0. The van der Waals surface area contributed by atoms with Crippen molar-refractivity contribution in [3.8, 4) is 11.1 Å². The molecule has 1 amide bonds. The number of nitrogens with two attached hydrogens (primary N) is 1. The lowest BCUT2D eigenvalue weighted by Gasteiger charge is -2.25. The first kappa shape index (κ1) is 18.3. The molecular weight excluding hydrogens is 333 g/mol. The number of aromatic nitrogens is 1. The molecule has 1 saturated heterocycles. The van der Waals surface area contributed by atoms with Gasteiger partial charge in [0.05, 0.1) is 12.6 Å². The molecule has 3 rings (SSSR count). The fourth-order valence-corrected chi connectivity index (χ4v) is 3.29. The van der Waals surface area contributed by atoms with E-state index in [-0.39, 0.29) is 23.9 Å². The van der Waals surface area contributed by atoms with E-state index in [1.807, 2.05) is 31.2 Å². The summed E-state index contributed by atoms with van der Waals surface area (Å²) < 4.78 is 14.9. The molecule has 2 aromatic rings. The summed E-state index contributed by atoms with van der Waals surface area (Å²) in [6.45, 7) is 2.49. The molecule has 1 unspecified atom stereocenters. The second-order valence-electron chi connectivity index (χ2n) is 6.97. The van der Waals surface area contributed by atoms with Crippen molar-refractivity contribution in [2.45, 2.75) is 31.5 Å². The molecule has 0 saturated carbocycles. The number of benzene rings is 1. The van der Waals surface area contributed by atoms with Crippen LogP contribution in [0.3, 0.4) is 0 Å². The third-order valence-electron chi connectivity index (χ3n) is 5.12. The van der Waals surface area contributed by atoms with Crippen LogP contribution < -0.4 is 11.3 Å². The number of pyridine rings is 1. The molecule has 0 spiro atoms. The Bertz CT molecular complexity index is 847. The van der Waals surface area contributed by atoms with Gasteiger partial charge in [-0.15, -0.1) is 0 Å². The summed E-state index contributed by atoms with van der Waals surface area (Å²) in [6.07, 6.45) is 1.24. The van der Waals surface area contributed by atoms with E-state index in [0.29, 0.717) is 13.0 Å². The molecule has 3 atom stereocenters. The van der Waals surface area contributed by atoms with Crippen molar-refractivity contribution in [1.29, 1.82) is 0 Å². The molecular formula is C20H24FN3O2. The molecule has 0 aliphatic carbocycles. The summed E-state index contributed by atoms with van der Waals surface area (Å²) in [5.41, 5.74) is 8.98. The average molecular weight is 357 g/mol. The van der Waals surface area contributed by atoms with Crippen molar-refractivity contribution in [3.63, 3.8) is 0 Å². The zero-order chi connectivity index (χ0) is 18.8. The van der Waals surface area contributed by atoms with E-state index in [9.17, 15) is 14.0 Å². The van der Waals surface area contributed by atoms with Crippen molar-refractivity contribution in [2.75, 3.05) is 13.1 Å². The highest BCUT2D eigenvalue weighted by atomic mass is 19.1. The first-order valence-corrected chi connectivity index (χ1v) is 8.82. The van der Waals surface area contributed by atoms with Gasteiger partial charge >= 0.3 is 0 Å². The van der Waals surface area contributed by atoms with Gasteiger partial charge in [0.1, 0.15) is 6.17 Å². The average Bonchev–Trinajstić information content (AvgIpc) is 3.08. The molecule has 2 N–H and O–H groups in total. The first-order valence-electron chi connectivity index (χ1n) is 8.82. The van der Waals surface area contributed by atoms with E-state index < -0.39 is 12.2 Å². The van der Waals surface area contributed by atoms with Crippen molar-refractivity contribution in [1.82, 2.24) is 9.47 Å². The Morgan fingerprint density at radius 3 is 2.42 bits per heavy atom. The predicted octanol–water partition coefficient (Wildman–Crippen LogP) is 2.05. The number of hydrogen-bond donors (Lipinski definition) is 1. The van der Waals surface area contributed by atoms with Gasteiger partial charge in [-0.3, -0.25) is 9.59 Å². The van der Waals surface area contributed by atoms with Crippen molar-refractivity contribution >= 4 is 5.91 Å². The van der Waals surface area contributed by atoms with E-state index in [1.54, 1.807) is 19.3 Å². The number of carbonyl (C=O) groups is 1. The first-order chi connectivity index (χ1) is 12.4. The molecule has 138 valence electrons. The zero-order valence-electron chi connectivity index (χ0n) is 15.1. The lowest BCUT2D eigenvalue weighted by molar-refractivity contribution is -0.132. The lowest BCUT2D eigenvalue weighted by atomic mass is 9.91. The molecule has 2 heterocycles. The normalized spacial score (nSPS) is 19.4. The Morgan fingerprint density at radius 2 is 1.85 bits per heavy atom. The van der Waals surface area contributed by atoms with Crippen LogP contribution in [0.15, 0.2) is 47.4 Å². The van der Waals surface area contributed by atoms with Crippen LogP contribution in [0.2, 0.25) is 0 Å². The molecule has 1 fully saturated rings. The fraction of sp³-hybridized carbons (Fsp3) is 0.400. The number of carbonyl (C=O) groups excluding carboxylic acids is 1. The van der Waals surface area contributed by atoms with E-state index in [4.69, 9.17) is 5.73 Å². The number of alkyl halides is 1. The maximum Gasteiger partial charge on any atom is 0.250 e. The van der Waals surface area contributed by atoms with Crippen LogP contribution in [0, 0.1) is 0 Å². The van der Waals surface area contributed by atoms with Crippen LogP contribution in [0.1, 0.15) is 24.8 Å². The van der Waals surface area contributed by atoms with E-state index in [1.165, 1.54) is 15.5 Å². The standard InChI is InChI=1S/C20H24FN3O2/c1-13(19(22)20(26)24-10-9-17(21)12-24)14-3-5-15(6-4-14)16-7-8-18(25)23(2)11-16/h3-8,11,13,17,19H,9-10,12,22H2,1-2H3/t13?,17-,19-/m0/s1. The van der Waals surface area contributed by atoms with Crippen molar-refractivity contribution in [3.05, 3.63) is 58.5 Å². The number of nitrogens with zero attached hydrogens (tertiary/aromatic N) is 2. The van der Waals surface area contributed by atoms with Gasteiger partial charge in [-0.2, -0.15) is 0 Å². The Hall–Kier alpha value is -2.47. The number of halogens is 1. The molecule has 6 heteroatoms. The maximum absolute atomic E-state index is 13.3. The van der Waals surface area contributed by atoms with Gasteiger partial charge in [0, 0.05) is 31.8 Å². The Balaban J connectivity index is 1.73. The van der Waals surface area contributed by atoms with Crippen molar-refractivity contribution in [2.24, 2.45) is 12.8 Å². The van der Waals surface area contributed by atoms with Gasteiger partial charge < -0.3 is 15.2 Å². The van der Waals surface area contributed by atoms with Crippen LogP contribution in [-0.2, 0) is 11.8 Å². The largest absolute Gasteiger partial charge is 0.338 e. The molecule has 0 bridgehead atoms. The quantitative estimate of drug-likeness (QED) is 0.911. The summed E-state index contributed by atoms with van der Waals surface area (Å²) in [6, 6.07) is 10.4. The van der Waals surface area contributed by atoms with Gasteiger partial charge in [-0.05, 0) is 29.2 Å². The zero-order valence-corrected chi connectivity index (χ0v) is 15.1. The van der Waals surface area contributed by atoms with Gasteiger partial charge in [0.2, 0.25) is 11.5 Å². The molecule has 1 aliphatic heterocycles. The van der Waals surface area contributed by atoms with Crippen LogP contribution in [0.25, 0.3) is 11.1 Å². The van der Waals surface area contributed by atoms with Crippen molar-refractivity contribution < 1.29 is 9.18 Å². The predicted molar refractivity (Wildman–Crippen MR) is 99.6 cm³/mol. The minimum atomic E-state index is -0.942. The SMILES string of the molecule is CC(c1ccc(-c2ccc(=O)n(C)c2)cc1)[C@H](N)C(=O)N1CC[C@H](F)C1. The number of amides is 1. The van der Waals surface area contributed by atoms with Crippen LogP contribution in [0.5, 0.6) is 0 Å². The van der Waals surface area contributed by atoms with Crippen LogP contribution in [-0.4, -0.2) is 40.7 Å². The third-order valence-corrected chi connectivity index (χ3v) is 5.12. The number of aryl methyl sites for hydroxylation is 1. The van der Waals surface area contributed by atoms with E-state index >= 15 is 0 Å². The minimum Gasteiger partial charge on any atom is -0.338 e. The second-order valence-corrected chi connectivity index (χ2v) is 6.97. The summed E-state index contributed by atoms with van der Waals surface area (Å²) >= 11 is 0. The maximum atomic E-state index is 13.3. The molecule has 26 heavy (non-hydrogen) atoms. The summed E-state index contributed by atoms with van der Waals surface area (Å²) in [5.74, 6) is -0.366. The molecule has 1 aromatic carbocycles. The Labute approximate surface area is 152 Å². The second kappa shape index (κ2) is 7.41. The topological polar surface area (TPSA) is 68.3 Å². The summed E-state index contributed by atoms with van der Waals surface area (Å²) in [4.78, 5) is 25.5. The Kier molecular flexibility index (Phi) is 5.23. The molecule has 1 aliphatic rings. The molecule has 1 aromatic heterocycles. The van der Waals surface area contributed by atoms with Gasteiger partial charge in [0.15, 0.2) is 0 Å². The van der Waals surface area contributed by atoms with Gasteiger partial charge in [0.25, 0.3) is 0 Å². The van der Waals surface area contributed by atoms with E-state index in [2.05, 4.69) is 0 Å². The number of hydrogen-bond acceptors (Lipinski definition) is 3. The molecule has 0 radical (unpaired) electrons. The highest BCUT2D eigenvalue weighted by molar-refractivity contribution is 5.83. The van der Waals surface area contributed by atoms with E-state index in [0.717, 1.165) is 16.7 Å². The van der Waals surface area contributed by atoms with Gasteiger partial charge in [-0.25, -0.2) is 4.39 Å². The fourth-order valence-electron chi connectivity index (χ4n) is 3.29. The highest BCUT2D eigenvalue weighted by Crippen LogP contribution is 2.25. The Morgan fingerprint density at radius 1 is 1.19 bits per heavy atom. The summed E-state index contributed by atoms with van der Waals surface area (Å²) in [7, 11) is 1.72. The van der Waals surface area contributed by atoms with Crippen LogP contribution in [0.4, 0.5) is 4.39 Å². The monoisotopic (exact) mass is 357 g/mol. The van der Waals surface area contributed by atoms with Gasteiger partial charge in [-0.1, -0.05) is 31.2 Å². The smallest absolute Gasteiger partial charge is 0.250 e. The molecule has 5 nitrogen and oxygen atoms in total. The highest BCUT2D eigenvalue weighted by Gasteiger charge is 2.32. The lowest BCUT2D eigenvalue weighted by Crippen LogP contribution is -2.45.